The molecular formula is C12H21N3O2. The molecule has 1 aromatic heterocycles. The van der Waals surface area contributed by atoms with Gasteiger partial charge in [0.05, 0.1) is 7.11 Å². The lowest BCUT2D eigenvalue weighted by atomic mass is 10.3. The van der Waals surface area contributed by atoms with Gasteiger partial charge in [0.15, 0.2) is 0 Å². The van der Waals surface area contributed by atoms with Crippen molar-refractivity contribution in [1.82, 2.24) is 15.1 Å². The van der Waals surface area contributed by atoms with Crippen LogP contribution in [0.15, 0.2) is 16.9 Å². The van der Waals surface area contributed by atoms with Crippen LogP contribution in [-0.2, 0) is 6.54 Å². The van der Waals surface area contributed by atoms with Crippen LogP contribution in [0.1, 0.15) is 26.2 Å². The van der Waals surface area contributed by atoms with Crippen molar-refractivity contribution in [3.63, 3.8) is 0 Å². The number of rotatable bonds is 8. The summed E-state index contributed by atoms with van der Waals surface area (Å²) in [7, 11) is 1.55. The number of nitrogens with zero attached hydrogens (tertiary/aromatic N) is 2. The maximum Gasteiger partial charge on any atom is 0.266 e. The lowest BCUT2D eigenvalue weighted by Gasteiger charge is -2.06. The number of ether oxygens (including phenoxy) is 1. The highest BCUT2D eigenvalue weighted by atomic mass is 16.5. The van der Waals surface area contributed by atoms with Crippen molar-refractivity contribution in [2.75, 3.05) is 20.2 Å². The molecule has 17 heavy (non-hydrogen) atoms. The van der Waals surface area contributed by atoms with Gasteiger partial charge in [-0.05, 0) is 32.4 Å². The summed E-state index contributed by atoms with van der Waals surface area (Å²) in [6.07, 6.45) is 3.14. The van der Waals surface area contributed by atoms with E-state index in [1.54, 1.807) is 13.2 Å². The lowest BCUT2D eigenvalue weighted by Crippen LogP contribution is -2.23. The smallest absolute Gasteiger partial charge is 0.266 e. The van der Waals surface area contributed by atoms with Gasteiger partial charge >= 0.3 is 0 Å². The predicted molar refractivity (Wildman–Crippen MR) is 67.4 cm³/mol. The summed E-state index contributed by atoms with van der Waals surface area (Å²) in [6.45, 7) is 4.83. The molecule has 0 aliphatic heterocycles. The molecule has 0 aliphatic carbocycles. The summed E-state index contributed by atoms with van der Waals surface area (Å²) in [5.41, 5.74) is -0.0766. The molecule has 1 heterocycles. The van der Waals surface area contributed by atoms with Gasteiger partial charge in [-0.2, -0.15) is 0 Å². The Hall–Kier alpha value is -1.36. The van der Waals surface area contributed by atoms with Crippen LogP contribution >= 0.6 is 0 Å². The van der Waals surface area contributed by atoms with E-state index < -0.39 is 0 Å². The topological polar surface area (TPSA) is 56.1 Å². The zero-order valence-electron chi connectivity index (χ0n) is 10.6. The molecular weight excluding hydrogens is 218 g/mol. The Morgan fingerprint density at radius 1 is 1.35 bits per heavy atom. The largest absolute Gasteiger partial charge is 0.480 e. The molecule has 0 amide bonds. The Bertz CT molecular complexity index is 376. The van der Waals surface area contributed by atoms with Crippen molar-refractivity contribution in [3.8, 4) is 5.88 Å². The highest BCUT2D eigenvalue weighted by molar-refractivity contribution is 5.05. The van der Waals surface area contributed by atoms with Gasteiger partial charge in [0.2, 0.25) is 5.88 Å². The first kappa shape index (κ1) is 13.7. The number of unbranched alkanes of at least 4 members (excludes halogenated alkanes) is 1. The fourth-order valence-corrected chi connectivity index (χ4v) is 1.51. The molecule has 1 rings (SSSR count). The van der Waals surface area contributed by atoms with E-state index in [9.17, 15) is 4.79 Å². The average Bonchev–Trinajstić information content (AvgIpc) is 2.35. The summed E-state index contributed by atoms with van der Waals surface area (Å²) in [5.74, 6) is 0.480. The SMILES string of the molecule is CCCNCCCCn1nc(OC)ccc1=O. The average molecular weight is 239 g/mol. The van der Waals surface area contributed by atoms with E-state index in [-0.39, 0.29) is 5.56 Å². The first-order chi connectivity index (χ1) is 8.27. The van der Waals surface area contributed by atoms with Crippen LogP contribution in [0.2, 0.25) is 0 Å². The number of aromatic nitrogens is 2. The molecule has 1 aromatic rings. The highest BCUT2D eigenvalue weighted by Crippen LogP contribution is 2.00. The maximum atomic E-state index is 11.5. The molecule has 0 radical (unpaired) electrons. The summed E-state index contributed by atoms with van der Waals surface area (Å²) >= 11 is 0. The van der Waals surface area contributed by atoms with E-state index in [1.165, 1.54) is 10.7 Å². The van der Waals surface area contributed by atoms with Crippen LogP contribution < -0.4 is 15.6 Å². The number of nitrogens with one attached hydrogen (secondary N) is 1. The Labute approximate surface area is 102 Å². The summed E-state index contributed by atoms with van der Waals surface area (Å²) in [6, 6.07) is 3.07. The van der Waals surface area contributed by atoms with Crippen molar-refractivity contribution < 1.29 is 4.74 Å². The minimum atomic E-state index is -0.0766. The Balaban J connectivity index is 2.33. The fourth-order valence-electron chi connectivity index (χ4n) is 1.51. The molecule has 0 unspecified atom stereocenters. The summed E-state index contributed by atoms with van der Waals surface area (Å²) in [5, 5.41) is 7.41. The van der Waals surface area contributed by atoms with Crippen LogP contribution in [0.4, 0.5) is 0 Å². The molecule has 0 aliphatic rings. The van der Waals surface area contributed by atoms with Gasteiger partial charge in [0, 0.05) is 18.7 Å². The maximum absolute atomic E-state index is 11.5. The van der Waals surface area contributed by atoms with E-state index >= 15 is 0 Å². The second-order valence-electron chi connectivity index (χ2n) is 3.89. The van der Waals surface area contributed by atoms with Gasteiger partial charge in [0.1, 0.15) is 0 Å². The number of hydrogen-bond donors (Lipinski definition) is 1. The molecule has 0 aromatic carbocycles. The fraction of sp³-hybridized carbons (Fsp3) is 0.667. The lowest BCUT2D eigenvalue weighted by molar-refractivity contribution is 0.372. The third-order valence-corrected chi connectivity index (χ3v) is 2.45. The molecule has 0 fully saturated rings. The zero-order valence-corrected chi connectivity index (χ0v) is 10.6. The third kappa shape index (κ3) is 4.99. The second kappa shape index (κ2) is 7.84. The number of methoxy groups -OCH3 is 1. The molecule has 0 saturated heterocycles. The third-order valence-electron chi connectivity index (χ3n) is 2.45. The van der Waals surface area contributed by atoms with Crippen LogP contribution in [0.3, 0.4) is 0 Å². The Kier molecular flexibility index (Phi) is 6.32. The van der Waals surface area contributed by atoms with Gasteiger partial charge in [-0.3, -0.25) is 4.79 Å². The molecule has 0 atom stereocenters. The van der Waals surface area contributed by atoms with Gasteiger partial charge in [-0.1, -0.05) is 6.92 Å². The van der Waals surface area contributed by atoms with Crippen molar-refractivity contribution in [2.24, 2.45) is 0 Å². The highest BCUT2D eigenvalue weighted by Gasteiger charge is 1.99. The van der Waals surface area contributed by atoms with Crippen LogP contribution in [0, 0.1) is 0 Å². The monoisotopic (exact) mass is 239 g/mol. The molecule has 5 heteroatoms. The molecule has 0 saturated carbocycles. The van der Waals surface area contributed by atoms with Crippen LogP contribution in [-0.4, -0.2) is 30.0 Å². The molecule has 0 spiro atoms. The van der Waals surface area contributed by atoms with Crippen molar-refractivity contribution >= 4 is 0 Å². The van der Waals surface area contributed by atoms with E-state index in [0.717, 1.165) is 32.4 Å². The predicted octanol–water partition coefficient (Wildman–Crippen LogP) is 1.03. The van der Waals surface area contributed by atoms with E-state index in [1.807, 2.05) is 0 Å². The zero-order chi connectivity index (χ0) is 12.5. The molecule has 0 bridgehead atoms. The molecule has 5 nitrogen and oxygen atoms in total. The van der Waals surface area contributed by atoms with Gasteiger partial charge in [0.25, 0.3) is 5.56 Å². The van der Waals surface area contributed by atoms with Gasteiger partial charge < -0.3 is 10.1 Å². The molecule has 96 valence electrons. The normalized spacial score (nSPS) is 10.5. The first-order valence-electron chi connectivity index (χ1n) is 6.10. The number of hydrogen-bond acceptors (Lipinski definition) is 4. The van der Waals surface area contributed by atoms with Gasteiger partial charge in [-0.15, -0.1) is 5.10 Å². The first-order valence-corrected chi connectivity index (χ1v) is 6.10. The summed E-state index contributed by atoms with van der Waals surface area (Å²) in [4.78, 5) is 11.5. The van der Waals surface area contributed by atoms with E-state index in [4.69, 9.17) is 4.74 Å². The van der Waals surface area contributed by atoms with Crippen molar-refractivity contribution in [3.05, 3.63) is 22.5 Å². The van der Waals surface area contributed by atoms with E-state index in [2.05, 4.69) is 17.3 Å². The number of aryl methyl sites for hydroxylation is 1. The van der Waals surface area contributed by atoms with E-state index in [0.29, 0.717) is 12.4 Å². The van der Waals surface area contributed by atoms with Gasteiger partial charge in [-0.25, -0.2) is 4.68 Å². The Morgan fingerprint density at radius 2 is 2.18 bits per heavy atom. The molecule has 1 N–H and O–H groups in total. The van der Waals surface area contributed by atoms with Crippen molar-refractivity contribution in [1.29, 1.82) is 0 Å². The Morgan fingerprint density at radius 3 is 2.88 bits per heavy atom. The van der Waals surface area contributed by atoms with Crippen LogP contribution in [0.5, 0.6) is 5.88 Å². The standard InChI is InChI=1S/C12H21N3O2/c1-3-8-13-9-4-5-10-15-12(16)7-6-11(14-15)17-2/h6-7,13H,3-5,8-10H2,1-2H3. The van der Waals surface area contributed by atoms with Crippen molar-refractivity contribution in [2.45, 2.75) is 32.7 Å². The summed E-state index contributed by atoms with van der Waals surface area (Å²) < 4.78 is 6.44. The minimum absolute atomic E-state index is 0.0766. The quantitative estimate of drug-likeness (QED) is 0.688. The minimum Gasteiger partial charge on any atom is -0.480 e. The van der Waals surface area contributed by atoms with Crippen LogP contribution in [0.25, 0.3) is 0 Å². The second-order valence-corrected chi connectivity index (χ2v) is 3.89.